The molecule has 1 aliphatic heterocycles. The molecule has 0 saturated carbocycles. The van der Waals surface area contributed by atoms with E-state index in [0.717, 1.165) is 31.9 Å². The van der Waals surface area contributed by atoms with Gasteiger partial charge in [-0.2, -0.15) is 0 Å². The van der Waals surface area contributed by atoms with Crippen LogP contribution in [-0.2, 0) is 4.74 Å². The minimum absolute atomic E-state index is 0.139. The Morgan fingerprint density at radius 1 is 1.41 bits per heavy atom. The molecule has 0 radical (unpaired) electrons. The summed E-state index contributed by atoms with van der Waals surface area (Å²) >= 11 is 5.25. The highest BCUT2D eigenvalue weighted by molar-refractivity contribution is 7.80. The van der Waals surface area contributed by atoms with Crippen molar-refractivity contribution in [2.24, 2.45) is 5.92 Å². The van der Waals surface area contributed by atoms with Crippen LogP contribution in [0.2, 0.25) is 0 Å². The van der Waals surface area contributed by atoms with E-state index in [1.807, 2.05) is 0 Å². The van der Waals surface area contributed by atoms with Crippen LogP contribution in [0.1, 0.15) is 13.8 Å². The fraction of sp³-hybridized carbons (Fsp3) is 0.562. The number of nitrogens with one attached hydrogen (secondary N) is 2. The number of morpholine rings is 1. The third-order valence-corrected chi connectivity index (χ3v) is 3.69. The summed E-state index contributed by atoms with van der Waals surface area (Å²) in [5.41, 5.74) is 0.768. The zero-order valence-electron chi connectivity index (χ0n) is 13.1. The molecule has 2 N–H and O–H groups in total. The van der Waals surface area contributed by atoms with Gasteiger partial charge in [0.05, 0.1) is 12.7 Å². The zero-order valence-corrected chi connectivity index (χ0v) is 14.0. The Morgan fingerprint density at radius 3 is 2.82 bits per heavy atom. The summed E-state index contributed by atoms with van der Waals surface area (Å²) in [7, 11) is 0. The van der Waals surface area contributed by atoms with Gasteiger partial charge in [-0.15, -0.1) is 0 Å². The second kappa shape index (κ2) is 8.41. The van der Waals surface area contributed by atoms with Gasteiger partial charge in [-0.3, -0.25) is 4.90 Å². The molecule has 0 spiro atoms. The van der Waals surface area contributed by atoms with Crippen LogP contribution in [0, 0.1) is 11.7 Å². The number of hydrogen-bond acceptors (Lipinski definition) is 3. The summed E-state index contributed by atoms with van der Waals surface area (Å²) in [6.45, 7) is 8.89. The maximum absolute atomic E-state index is 12.8. The summed E-state index contributed by atoms with van der Waals surface area (Å²) in [5, 5.41) is 6.73. The molecule has 1 atom stereocenters. The lowest BCUT2D eigenvalue weighted by Crippen LogP contribution is -2.48. The Hall–Kier alpha value is -1.24. The molecular weight excluding hydrogens is 301 g/mol. The fourth-order valence-corrected chi connectivity index (χ4v) is 2.70. The van der Waals surface area contributed by atoms with Gasteiger partial charge in [0, 0.05) is 31.9 Å². The Kier molecular flexibility index (Phi) is 6.54. The van der Waals surface area contributed by atoms with Crippen LogP contribution < -0.4 is 10.6 Å². The highest BCUT2D eigenvalue weighted by Gasteiger charge is 2.20. The number of thiocarbonyl (C=S) groups is 1. The topological polar surface area (TPSA) is 36.5 Å². The monoisotopic (exact) mass is 325 g/mol. The number of rotatable bonds is 5. The third-order valence-electron chi connectivity index (χ3n) is 3.44. The van der Waals surface area contributed by atoms with Gasteiger partial charge in [0.1, 0.15) is 5.82 Å². The molecule has 1 fully saturated rings. The summed E-state index contributed by atoms with van der Waals surface area (Å²) in [4.78, 5) is 2.43. The number of anilines is 1. The molecule has 1 aromatic rings. The second-order valence-electron chi connectivity index (χ2n) is 5.99. The molecule has 1 aliphatic rings. The Morgan fingerprint density at radius 2 is 2.14 bits per heavy atom. The van der Waals surface area contributed by atoms with Crippen LogP contribution in [-0.4, -0.2) is 48.9 Å². The van der Waals surface area contributed by atoms with E-state index in [1.165, 1.54) is 12.1 Å². The van der Waals surface area contributed by atoms with E-state index in [2.05, 4.69) is 29.4 Å². The van der Waals surface area contributed by atoms with Gasteiger partial charge in [0.15, 0.2) is 5.11 Å². The van der Waals surface area contributed by atoms with Crippen molar-refractivity contribution in [2.45, 2.75) is 20.0 Å². The first-order valence-corrected chi connectivity index (χ1v) is 8.08. The van der Waals surface area contributed by atoms with Gasteiger partial charge >= 0.3 is 0 Å². The van der Waals surface area contributed by atoms with E-state index in [9.17, 15) is 4.39 Å². The smallest absolute Gasteiger partial charge is 0.170 e. The van der Waals surface area contributed by atoms with Gasteiger partial charge in [-0.1, -0.05) is 13.8 Å². The van der Waals surface area contributed by atoms with E-state index in [-0.39, 0.29) is 11.9 Å². The van der Waals surface area contributed by atoms with Crippen molar-refractivity contribution in [1.29, 1.82) is 0 Å². The van der Waals surface area contributed by atoms with E-state index < -0.39 is 0 Å². The minimum Gasteiger partial charge on any atom is -0.374 e. The lowest BCUT2D eigenvalue weighted by atomic mass is 10.2. The summed E-state index contributed by atoms with van der Waals surface area (Å²) in [5.74, 6) is 0.401. The largest absolute Gasteiger partial charge is 0.374 e. The van der Waals surface area contributed by atoms with Crippen molar-refractivity contribution in [3.05, 3.63) is 30.1 Å². The molecule has 22 heavy (non-hydrogen) atoms. The van der Waals surface area contributed by atoms with E-state index in [0.29, 0.717) is 17.6 Å². The van der Waals surface area contributed by atoms with Crippen molar-refractivity contribution < 1.29 is 9.13 Å². The van der Waals surface area contributed by atoms with Crippen LogP contribution >= 0.6 is 12.2 Å². The lowest BCUT2D eigenvalue weighted by molar-refractivity contribution is -0.0283. The van der Waals surface area contributed by atoms with Gasteiger partial charge in [0.2, 0.25) is 0 Å². The van der Waals surface area contributed by atoms with Crippen LogP contribution in [0.3, 0.4) is 0 Å². The average Bonchev–Trinajstić information content (AvgIpc) is 2.47. The zero-order chi connectivity index (χ0) is 15.9. The predicted molar refractivity (Wildman–Crippen MR) is 91.6 cm³/mol. The maximum Gasteiger partial charge on any atom is 0.170 e. The summed E-state index contributed by atoms with van der Waals surface area (Å²) < 4.78 is 18.6. The van der Waals surface area contributed by atoms with Crippen molar-refractivity contribution >= 4 is 23.0 Å². The molecule has 0 aliphatic carbocycles. The first kappa shape index (κ1) is 17.1. The van der Waals surface area contributed by atoms with Crippen molar-refractivity contribution in [1.82, 2.24) is 10.2 Å². The molecule has 1 aromatic carbocycles. The number of ether oxygens (including phenoxy) is 1. The number of hydrogen-bond donors (Lipinski definition) is 2. The number of nitrogens with zero attached hydrogens (tertiary/aromatic N) is 1. The van der Waals surface area contributed by atoms with Crippen LogP contribution in [0.4, 0.5) is 10.1 Å². The van der Waals surface area contributed by atoms with Crippen molar-refractivity contribution in [2.75, 3.05) is 38.1 Å². The maximum atomic E-state index is 12.8. The number of benzene rings is 1. The molecule has 0 amide bonds. The van der Waals surface area contributed by atoms with Crippen LogP contribution in [0.15, 0.2) is 24.3 Å². The molecule has 1 saturated heterocycles. The van der Waals surface area contributed by atoms with Gasteiger partial charge in [-0.05, 0) is 42.4 Å². The van der Waals surface area contributed by atoms with E-state index in [1.54, 1.807) is 12.1 Å². The minimum atomic E-state index is -0.259. The van der Waals surface area contributed by atoms with Gasteiger partial charge < -0.3 is 15.4 Å². The molecule has 122 valence electrons. The number of halogens is 1. The molecule has 0 aromatic heterocycles. The van der Waals surface area contributed by atoms with Crippen molar-refractivity contribution in [3.8, 4) is 0 Å². The molecule has 0 bridgehead atoms. The SMILES string of the molecule is CC(C)CN1CCO[C@H](CNC(=S)Nc2ccc(F)cc2)C1. The third kappa shape index (κ3) is 5.87. The normalized spacial score (nSPS) is 19.2. The standard InChI is InChI=1S/C16H24FN3OS/c1-12(2)10-20-7-8-21-15(11-20)9-18-16(22)19-14-5-3-13(17)4-6-14/h3-6,12,15H,7-11H2,1-2H3,(H2,18,19,22)/t15-/m1/s1. The van der Waals surface area contributed by atoms with Gasteiger partial charge in [-0.25, -0.2) is 4.39 Å². The lowest BCUT2D eigenvalue weighted by Gasteiger charge is -2.34. The highest BCUT2D eigenvalue weighted by atomic mass is 32.1. The Labute approximate surface area is 137 Å². The molecule has 0 unspecified atom stereocenters. The molecule has 6 heteroatoms. The molecular formula is C16H24FN3OS. The first-order valence-electron chi connectivity index (χ1n) is 7.67. The summed E-state index contributed by atoms with van der Waals surface area (Å²) in [6, 6.07) is 6.12. The van der Waals surface area contributed by atoms with Gasteiger partial charge in [0.25, 0.3) is 0 Å². The Balaban J connectivity index is 1.72. The molecule has 4 nitrogen and oxygen atoms in total. The molecule has 2 rings (SSSR count). The van der Waals surface area contributed by atoms with E-state index in [4.69, 9.17) is 17.0 Å². The van der Waals surface area contributed by atoms with Crippen LogP contribution in [0.25, 0.3) is 0 Å². The highest BCUT2D eigenvalue weighted by Crippen LogP contribution is 2.09. The predicted octanol–water partition coefficient (Wildman–Crippen LogP) is 2.47. The fourth-order valence-electron chi connectivity index (χ4n) is 2.50. The average molecular weight is 325 g/mol. The van der Waals surface area contributed by atoms with Crippen molar-refractivity contribution in [3.63, 3.8) is 0 Å². The molecule has 1 heterocycles. The first-order chi connectivity index (χ1) is 10.5. The van der Waals surface area contributed by atoms with Crippen LogP contribution in [0.5, 0.6) is 0 Å². The summed E-state index contributed by atoms with van der Waals surface area (Å²) in [6.07, 6.45) is 0.139. The Bertz CT molecular complexity index is 481. The van der Waals surface area contributed by atoms with E-state index >= 15 is 0 Å². The second-order valence-corrected chi connectivity index (χ2v) is 6.40. The quantitative estimate of drug-likeness (QED) is 0.814.